The van der Waals surface area contributed by atoms with Crippen molar-refractivity contribution in [3.05, 3.63) is 22.8 Å². The number of piperidine rings is 1. The van der Waals surface area contributed by atoms with Crippen LogP contribution < -0.4 is 5.32 Å². The zero-order chi connectivity index (χ0) is 13.2. The van der Waals surface area contributed by atoms with Crippen LogP contribution in [0.1, 0.15) is 19.3 Å². The number of nitrogens with one attached hydrogen (secondary N) is 1. The lowest BCUT2D eigenvalue weighted by atomic mass is 10.0. The number of rotatable bonds is 3. The number of fused-ring (bicyclic) bond motifs is 1. The molecule has 0 aliphatic carbocycles. The van der Waals surface area contributed by atoms with Crippen molar-refractivity contribution in [2.45, 2.75) is 25.3 Å². The lowest BCUT2D eigenvalue weighted by Gasteiger charge is -2.32. The van der Waals surface area contributed by atoms with Crippen LogP contribution in [0.2, 0.25) is 0 Å². The summed E-state index contributed by atoms with van der Waals surface area (Å²) in [4.78, 5) is 6.88. The fourth-order valence-electron chi connectivity index (χ4n) is 2.54. The Morgan fingerprint density at radius 2 is 2.32 bits per heavy atom. The third-order valence-corrected chi connectivity index (χ3v) is 4.18. The average molecular weight is 324 g/mol. The molecule has 1 aliphatic heterocycles. The topological polar surface area (TPSA) is 45.5 Å². The highest BCUT2D eigenvalue weighted by Crippen LogP contribution is 2.16. The van der Waals surface area contributed by atoms with Crippen LogP contribution in [0.15, 0.2) is 22.8 Å². The molecule has 0 amide bonds. The quantitative estimate of drug-likeness (QED) is 0.942. The van der Waals surface area contributed by atoms with Gasteiger partial charge in [-0.3, -0.25) is 0 Å². The molecular formula is C13H18BrN5. The van der Waals surface area contributed by atoms with E-state index in [0.717, 1.165) is 16.7 Å². The Balaban J connectivity index is 1.68. The van der Waals surface area contributed by atoms with Crippen LogP contribution in [0.25, 0.3) is 5.65 Å². The van der Waals surface area contributed by atoms with Gasteiger partial charge in [-0.2, -0.15) is 4.98 Å². The highest BCUT2D eigenvalue weighted by Gasteiger charge is 2.18. The van der Waals surface area contributed by atoms with Crippen molar-refractivity contribution in [2.24, 2.45) is 0 Å². The summed E-state index contributed by atoms with van der Waals surface area (Å²) < 4.78 is 2.79. The monoisotopic (exact) mass is 323 g/mol. The van der Waals surface area contributed by atoms with Gasteiger partial charge in [0.2, 0.25) is 5.95 Å². The summed E-state index contributed by atoms with van der Waals surface area (Å²) in [7, 11) is 2.19. The van der Waals surface area contributed by atoms with Crippen LogP contribution in [0.5, 0.6) is 0 Å². The first-order valence-corrected chi connectivity index (χ1v) is 7.48. The minimum atomic E-state index is 0.590. The number of hydrogen-bond donors (Lipinski definition) is 1. The molecule has 0 bridgehead atoms. The molecule has 5 nitrogen and oxygen atoms in total. The van der Waals surface area contributed by atoms with Crippen molar-refractivity contribution >= 4 is 27.5 Å². The third-order valence-electron chi connectivity index (χ3n) is 3.71. The lowest BCUT2D eigenvalue weighted by molar-refractivity contribution is 0.194. The minimum absolute atomic E-state index is 0.590. The molecule has 3 rings (SSSR count). The van der Waals surface area contributed by atoms with Crippen molar-refractivity contribution in [1.29, 1.82) is 0 Å². The van der Waals surface area contributed by atoms with Crippen LogP contribution >= 0.6 is 15.9 Å². The molecule has 0 saturated carbocycles. The standard InChI is InChI=1S/C13H18BrN5/c1-18-7-3-2-4-11(18)8-15-13-16-12-6-5-10(14)9-19(12)17-13/h5-6,9,11H,2-4,7-8H2,1H3,(H,15,17). The molecule has 2 aromatic heterocycles. The molecular weight excluding hydrogens is 306 g/mol. The molecule has 102 valence electrons. The fraction of sp³-hybridized carbons (Fsp3) is 0.538. The van der Waals surface area contributed by atoms with Crippen molar-refractivity contribution in [2.75, 3.05) is 25.5 Å². The summed E-state index contributed by atoms with van der Waals surface area (Å²) in [6, 6.07) is 4.52. The SMILES string of the molecule is CN1CCCCC1CNc1nc2ccc(Br)cn2n1. The van der Waals surface area contributed by atoms with Gasteiger partial charge in [0.15, 0.2) is 5.65 Å². The maximum atomic E-state index is 4.46. The molecule has 6 heteroatoms. The van der Waals surface area contributed by atoms with Crippen LogP contribution in [0, 0.1) is 0 Å². The second-order valence-electron chi connectivity index (χ2n) is 5.10. The summed E-state index contributed by atoms with van der Waals surface area (Å²) in [5.41, 5.74) is 0.864. The maximum absolute atomic E-state index is 4.46. The van der Waals surface area contributed by atoms with Crippen molar-refractivity contribution in [3.8, 4) is 0 Å². The molecule has 0 aromatic carbocycles. The summed E-state index contributed by atoms with van der Waals surface area (Å²) in [5.74, 6) is 0.706. The molecule has 3 heterocycles. The molecule has 1 atom stereocenters. The predicted molar refractivity (Wildman–Crippen MR) is 79.4 cm³/mol. The molecule has 1 aliphatic rings. The smallest absolute Gasteiger partial charge is 0.243 e. The van der Waals surface area contributed by atoms with E-state index in [-0.39, 0.29) is 0 Å². The molecule has 0 radical (unpaired) electrons. The first-order chi connectivity index (χ1) is 9.22. The molecule has 0 spiro atoms. The molecule has 1 fully saturated rings. The van der Waals surface area contributed by atoms with E-state index in [1.54, 1.807) is 4.52 Å². The van der Waals surface area contributed by atoms with Crippen LogP contribution in [-0.4, -0.2) is 45.7 Å². The van der Waals surface area contributed by atoms with Gasteiger partial charge in [-0.25, -0.2) is 4.52 Å². The third kappa shape index (κ3) is 2.90. The average Bonchev–Trinajstić information content (AvgIpc) is 2.79. The fourth-order valence-corrected chi connectivity index (χ4v) is 2.87. The summed E-state index contributed by atoms with van der Waals surface area (Å²) in [5, 5.41) is 7.78. The number of halogens is 1. The Morgan fingerprint density at radius 3 is 3.16 bits per heavy atom. The van der Waals surface area contributed by atoms with Gasteiger partial charge < -0.3 is 10.2 Å². The van der Waals surface area contributed by atoms with E-state index in [2.05, 4.69) is 43.3 Å². The van der Waals surface area contributed by atoms with E-state index in [9.17, 15) is 0 Å². The first kappa shape index (κ1) is 12.9. The Labute approximate surface area is 121 Å². The minimum Gasteiger partial charge on any atom is -0.351 e. The van der Waals surface area contributed by atoms with Gasteiger partial charge in [-0.05, 0) is 54.5 Å². The highest BCUT2D eigenvalue weighted by atomic mass is 79.9. The number of likely N-dealkylation sites (tertiary alicyclic amines) is 1. The van der Waals surface area contributed by atoms with Crippen molar-refractivity contribution in [1.82, 2.24) is 19.5 Å². The molecule has 19 heavy (non-hydrogen) atoms. The zero-order valence-electron chi connectivity index (χ0n) is 11.0. The van der Waals surface area contributed by atoms with Gasteiger partial charge >= 0.3 is 0 Å². The molecule has 2 aromatic rings. The van der Waals surface area contributed by atoms with Gasteiger partial charge in [0.1, 0.15) is 0 Å². The lowest BCUT2D eigenvalue weighted by Crippen LogP contribution is -2.40. The summed E-state index contributed by atoms with van der Waals surface area (Å²) in [6.07, 6.45) is 5.80. The maximum Gasteiger partial charge on any atom is 0.243 e. The number of likely N-dealkylation sites (N-methyl/N-ethyl adjacent to an activating group) is 1. The first-order valence-electron chi connectivity index (χ1n) is 6.68. The van der Waals surface area contributed by atoms with Gasteiger partial charge in [0.25, 0.3) is 0 Å². The molecule has 1 N–H and O–H groups in total. The number of hydrogen-bond acceptors (Lipinski definition) is 4. The number of pyridine rings is 1. The van der Waals surface area contributed by atoms with Gasteiger partial charge in [0, 0.05) is 23.3 Å². The van der Waals surface area contributed by atoms with Gasteiger partial charge in [-0.15, -0.1) is 5.10 Å². The van der Waals surface area contributed by atoms with Crippen molar-refractivity contribution in [3.63, 3.8) is 0 Å². The molecule has 1 unspecified atom stereocenters. The van der Waals surface area contributed by atoms with Gasteiger partial charge in [-0.1, -0.05) is 6.42 Å². The number of aromatic nitrogens is 3. The summed E-state index contributed by atoms with van der Waals surface area (Å²) >= 11 is 3.44. The number of nitrogens with zero attached hydrogens (tertiary/aromatic N) is 4. The van der Waals surface area contributed by atoms with E-state index in [4.69, 9.17) is 0 Å². The van der Waals surface area contributed by atoms with E-state index >= 15 is 0 Å². The zero-order valence-corrected chi connectivity index (χ0v) is 12.6. The van der Waals surface area contributed by atoms with Crippen molar-refractivity contribution < 1.29 is 0 Å². The van der Waals surface area contributed by atoms with Crippen LogP contribution in [-0.2, 0) is 0 Å². The predicted octanol–water partition coefficient (Wildman–Crippen LogP) is 2.39. The summed E-state index contributed by atoms with van der Waals surface area (Å²) in [6.45, 7) is 2.10. The largest absolute Gasteiger partial charge is 0.351 e. The molecule has 1 saturated heterocycles. The van der Waals surface area contributed by atoms with E-state index < -0.39 is 0 Å². The normalized spacial score (nSPS) is 20.8. The van der Waals surface area contributed by atoms with Crippen LogP contribution in [0.4, 0.5) is 5.95 Å². The Bertz CT molecular complexity index is 567. The Kier molecular flexibility index (Phi) is 3.70. The van der Waals surface area contributed by atoms with Gasteiger partial charge in [0.05, 0.1) is 0 Å². The second-order valence-corrected chi connectivity index (χ2v) is 6.01. The number of anilines is 1. The van der Waals surface area contributed by atoms with E-state index in [1.165, 1.54) is 25.8 Å². The second kappa shape index (κ2) is 5.46. The highest BCUT2D eigenvalue weighted by molar-refractivity contribution is 9.10. The van der Waals surface area contributed by atoms with Crippen LogP contribution in [0.3, 0.4) is 0 Å². The Hall–Kier alpha value is -1.14. The van der Waals surface area contributed by atoms with E-state index in [1.807, 2.05) is 18.3 Å². The van der Waals surface area contributed by atoms with E-state index in [0.29, 0.717) is 12.0 Å². The Morgan fingerprint density at radius 1 is 1.42 bits per heavy atom.